The highest BCUT2D eigenvalue weighted by Crippen LogP contribution is 2.37. The van der Waals surface area contributed by atoms with E-state index >= 15 is 0 Å². The predicted octanol–water partition coefficient (Wildman–Crippen LogP) is 1.58. The number of aromatic amines is 1. The van der Waals surface area contributed by atoms with Crippen LogP contribution in [-0.4, -0.2) is 35.0 Å². The molecule has 0 radical (unpaired) electrons. The number of nitrogens with zero attached hydrogens (tertiary/aromatic N) is 2. The monoisotopic (exact) mass is 388 g/mol. The third-order valence-corrected chi connectivity index (χ3v) is 3.37. The lowest BCUT2D eigenvalue weighted by Gasteiger charge is -2.12. The van der Waals surface area contributed by atoms with Crippen molar-refractivity contribution < 1.29 is 14.3 Å². The van der Waals surface area contributed by atoms with E-state index in [0.29, 0.717) is 29.4 Å². The fourth-order valence-electron chi connectivity index (χ4n) is 1.77. The molecule has 1 aromatic heterocycles. The number of methoxy groups -OCH3 is 1. The van der Waals surface area contributed by atoms with Crippen molar-refractivity contribution in [2.24, 2.45) is 5.73 Å². The van der Waals surface area contributed by atoms with Crippen LogP contribution in [0, 0.1) is 3.57 Å². The Morgan fingerprint density at radius 1 is 1.45 bits per heavy atom. The van der Waals surface area contributed by atoms with E-state index in [1.807, 2.05) is 13.0 Å². The lowest BCUT2D eigenvalue weighted by Crippen LogP contribution is -2.12. The fraction of sp³-hybridized carbons (Fsp3) is 0.250. The van der Waals surface area contributed by atoms with E-state index in [-0.39, 0.29) is 5.69 Å². The summed E-state index contributed by atoms with van der Waals surface area (Å²) in [7, 11) is 1.57. The molecular weight excluding hydrogens is 375 g/mol. The number of nitrogens with two attached hydrogens (primary N) is 1. The summed E-state index contributed by atoms with van der Waals surface area (Å²) in [5.74, 6) is 0.577. The Labute approximate surface area is 129 Å². The zero-order valence-electron chi connectivity index (χ0n) is 10.9. The average molecular weight is 388 g/mol. The van der Waals surface area contributed by atoms with Crippen molar-refractivity contribution in [3.63, 3.8) is 0 Å². The molecule has 0 spiro atoms. The summed E-state index contributed by atoms with van der Waals surface area (Å²) in [6, 6.07) is 3.57. The summed E-state index contributed by atoms with van der Waals surface area (Å²) < 4.78 is 11.7. The number of hydrogen-bond donors (Lipinski definition) is 2. The van der Waals surface area contributed by atoms with Gasteiger partial charge >= 0.3 is 0 Å². The normalized spacial score (nSPS) is 10.3. The van der Waals surface area contributed by atoms with Gasteiger partial charge in [-0.2, -0.15) is 15.4 Å². The van der Waals surface area contributed by atoms with Crippen molar-refractivity contribution >= 4 is 28.5 Å². The molecule has 1 heterocycles. The number of halogens is 1. The number of carbonyl (C=O) groups excluding carboxylic acids is 1. The number of amides is 1. The van der Waals surface area contributed by atoms with Gasteiger partial charge in [-0.15, -0.1) is 0 Å². The summed E-state index contributed by atoms with van der Waals surface area (Å²) >= 11 is 2.13. The molecule has 8 heteroatoms. The molecule has 2 rings (SSSR count). The van der Waals surface area contributed by atoms with Crippen molar-refractivity contribution in [1.29, 1.82) is 0 Å². The maximum atomic E-state index is 11.3. The third-order valence-electron chi connectivity index (χ3n) is 2.57. The van der Waals surface area contributed by atoms with Gasteiger partial charge in [-0.3, -0.25) is 4.79 Å². The molecule has 20 heavy (non-hydrogen) atoms. The molecule has 7 nitrogen and oxygen atoms in total. The molecule has 0 unspecified atom stereocenters. The fourth-order valence-corrected chi connectivity index (χ4v) is 2.59. The lowest BCUT2D eigenvalue weighted by molar-refractivity contribution is 0.0996. The number of rotatable bonds is 5. The molecule has 0 saturated heterocycles. The van der Waals surface area contributed by atoms with Crippen LogP contribution in [0.2, 0.25) is 0 Å². The highest BCUT2D eigenvalue weighted by molar-refractivity contribution is 14.1. The minimum absolute atomic E-state index is 0.0911. The van der Waals surface area contributed by atoms with Crippen LogP contribution in [0.25, 0.3) is 11.3 Å². The second-order valence-electron chi connectivity index (χ2n) is 3.81. The van der Waals surface area contributed by atoms with Crippen LogP contribution in [0.5, 0.6) is 11.5 Å². The van der Waals surface area contributed by atoms with Crippen molar-refractivity contribution in [2.75, 3.05) is 13.7 Å². The first-order chi connectivity index (χ1) is 9.58. The molecule has 0 aliphatic heterocycles. The van der Waals surface area contributed by atoms with Gasteiger partial charge in [0, 0.05) is 5.56 Å². The number of carbonyl (C=O) groups is 1. The first-order valence-electron chi connectivity index (χ1n) is 5.79. The van der Waals surface area contributed by atoms with Crippen LogP contribution in [0.15, 0.2) is 12.1 Å². The number of H-pyrrole nitrogens is 1. The van der Waals surface area contributed by atoms with Gasteiger partial charge in [-0.25, -0.2) is 0 Å². The number of nitrogens with one attached hydrogen (secondary N) is 1. The summed E-state index contributed by atoms with van der Waals surface area (Å²) in [5.41, 5.74) is 6.43. The topological polar surface area (TPSA) is 103 Å². The number of primary amides is 1. The first-order valence-corrected chi connectivity index (χ1v) is 6.87. The standard InChI is InChI=1S/C12H13IN4O3/c1-3-20-8-5-6(4-7(13)11(8)19-2)9-10(12(14)18)16-17-15-9/h4-5H,3H2,1-2H3,(H2,14,18)(H,15,16,17). The summed E-state index contributed by atoms with van der Waals surface area (Å²) in [4.78, 5) is 11.3. The van der Waals surface area contributed by atoms with Crippen LogP contribution in [0.4, 0.5) is 0 Å². The Bertz CT molecular complexity index is 642. The summed E-state index contributed by atoms with van der Waals surface area (Å²) in [5, 5.41) is 10.1. The van der Waals surface area contributed by atoms with E-state index in [2.05, 4.69) is 38.0 Å². The van der Waals surface area contributed by atoms with Gasteiger partial charge in [0.2, 0.25) is 0 Å². The van der Waals surface area contributed by atoms with Crippen LogP contribution in [0.3, 0.4) is 0 Å². The third kappa shape index (κ3) is 2.69. The molecule has 1 aromatic carbocycles. The predicted molar refractivity (Wildman–Crippen MR) is 80.8 cm³/mol. The molecule has 3 N–H and O–H groups in total. The molecule has 0 saturated carbocycles. The molecule has 2 aromatic rings. The van der Waals surface area contributed by atoms with Crippen molar-refractivity contribution in [3.05, 3.63) is 21.4 Å². The minimum Gasteiger partial charge on any atom is -0.492 e. The van der Waals surface area contributed by atoms with E-state index in [0.717, 1.165) is 3.57 Å². The lowest BCUT2D eigenvalue weighted by atomic mass is 10.1. The molecule has 0 fully saturated rings. The number of hydrogen-bond acceptors (Lipinski definition) is 5. The van der Waals surface area contributed by atoms with E-state index in [1.54, 1.807) is 13.2 Å². The largest absolute Gasteiger partial charge is 0.492 e. The Kier molecular flexibility index (Phi) is 4.42. The van der Waals surface area contributed by atoms with E-state index in [9.17, 15) is 4.79 Å². The van der Waals surface area contributed by atoms with E-state index in [4.69, 9.17) is 15.2 Å². The second kappa shape index (κ2) is 6.07. The average Bonchev–Trinajstić information content (AvgIpc) is 2.88. The minimum atomic E-state index is -0.641. The zero-order valence-corrected chi connectivity index (χ0v) is 13.1. The maximum Gasteiger partial charge on any atom is 0.271 e. The van der Waals surface area contributed by atoms with Gasteiger partial charge in [-0.05, 0) is 41.6 Å². The molecule has 0 bridgehead atoms. The number of benzene rings is 1. The van der Waals surface area contributed by atoms with Crippen LogP contribution >= 0.6 is 22.6 Å². The van der Waals surface area contributed by atoms with Crippen LogP contribution in [-0.2, 0) is 0 Å². The van der Waals surface area contributed by atoms with Gasteiger partial charge in [-0.1, -0.05) is 0 Å². The van der Waals surface area contributed by atoms with Crippen LogP contribution in [0.1, 0.15) is 17.4 Å². The highest BCUT2D eigenvalue weighted by Gasteiger charge is 2.19. The summed E-state index contributed by atoms with van der Waals surface area (Å²) in [6.45, 7) is 2.38. The van der Waals surface area contributed by atoms with Gasteiger partial charge in [0.1, 0.15) is 5.69 Å². The zero-order chi connectivity index (χ0) is 14.7. The summed E-state index contributed by atoms with van der Waals surface area (Å²) in [6.07, 6.45) is 0. The highest BCUT2D eigenvalue weighted by atomic mass is 127. The number of aromatic nitrogens is 3. The van der Waals surface area contributed by atoms with Gasteiger partial charge < -0.3 is 15.2 Å². The Balaban J connectivity index is 2.57. The van der Waals surface area contributed by atoms with Crippen molar-refractivity contribution in [2.45, 2.75) is 6.92 Å². The smallest absolute Gasteiger partial charge is 0.271 e. The second-order valence-corrected chi connectivity index (χ2v) is 4.97. The van der Waals surface area contributed by atoms with E-state index in [1.165, 1.54) is 0 Å². The Morgan fingerprint density at radius 2 is 2.20 bits per heavy atom. The molecule has 106 valence electrons. The van der Waals surface area contributed by atoms with Crippen molar-refractivity contribution in [3.8, 4) is 22.8 Å². The molecule has 0 aliphatic rings. The molecular formula is C12H13IN4O3. The first kappa shape index (κ1) is 14.6. The Hall–Kier alpha value is -1.84. The maximum absolute atomic E-state index is 11.3. The van der Waals surface area contributed by atoms with Gasteiger partial charge in [0.05, 0.1) is 17.3 Å². The molecule has 0 aliphatic carbocycles. The SMILES string of the molecule is CCOc1cc(-c2n[nH]nc2C(N)=O)cc(I)c1OC. The number of ether oxygens (including phenoxy) is 2. The van der Waals surface area contributed by atoms with E-state index < -0.39 is 5.91 Å². The van der Waals surface area contributed by atoms with Gasteiger partial charge in [0.25, 0.3) is 5.91 Å². The Morgan fingerprint density at radius 3 is 2.80 bits per heavy atom. The van der Waals surface area contributed by atoms with Crippen LogP contribution < -0.4 is 15.2 Å². The van der Waals surface area contributed by atoms with Gasteiger partial charge in [0.15, 0.2) is 17.2 Å². The van der Waals surface area contributed by atoms with Crippen molar-refractivity contribution in [1.82, 2.24) is 15.4 Å². The quantitative estimate of drug-likeness (QED) is 0.758. The molecule has 1 amide bonds. The molecule has 0 atom stereocenters.